The zero-order valence-corrected chi connectivity index (χ0v) is 24.1. The van der Waals surface area contributed by atoms with Gasteiger partial charge in [-0.1, -0.05) is 73.9 Å². The number of hydrogen-bond donors (Lipinski definition) is 4. The number of hydrogen-bond acceptors (Lipinski definition) is 6. The van der Waals surface area contributed by atoms with E-state index in [4.69, 9.17) is 0 Å². The van der Waals surface area contributed by atoms with E-state index in [1.165, 1.54) is 0 Å². The number of carboxylic acids is 1. The summed E-state index contributed by atoms with van der Waals surface area (Å²) in [6.45, 7) is 1.15. The van der Waals surface area contributed by atoms with Crippen molar-refractivity contribution in [2.75, 3.05) is 18.4 Å². The van der Waals surface area contributed by atoms with Gasteiger partial charge in [0.2, 0.25) is 17.8 Å². The number of amides is 2. The summed E-state index contributed by atoms with van der Waals surface area (Å²) in [5.41, 5.74) is 2.56. The Morgan fingerprint density at radius 2 is 1.48 bits per heavy atom. The molecule has 0 radical (unpaired) electrons. The van der Waals surface area contributed by atoms with Gasteiger partial charge in [0, 0.05) is 38.3 Å². The lowest BCUT2D eigenvalue weighted by Crippen LogP contribution is -2.49. The monoisotopic (exact) mass is 571 g/mol. The molecule has 2 amide bonds. The summed E-state index contributed by atoms with van der Waals surface area (Å²) >= 11 is 0. The van der Waals surface area contributed by atoms with Crippen molar-refractivity contribution in [3.05, 3.63) is 78.6 Å². The standard InChI is InChI=1S/C33H41N5O4/c39-29(23-33(24-30(40)41)16-5-2-6-17-33)38-28(22-25-12-14-27(15-13-25)26-10-3-1-4-11-26)31(42)34-18-7-8-19-35-32-36-20-9-21-37-32/h1,3-4,9-15,20-21,28H,2,5-8,16-19,22-24H2,(H,34,42)(H,38,39)(H,40,41)(H,35,36,37)/t28-/m1/s1. The van der Waals surface area contributed by atoms with Crippen molar-refractivity contribution in [1.82, 2.24) is 20.6 Å². The fourth-order valence-corrected chi connectivity index (χ4v) is 5.71. The Hall–Kier alpha value is -4.27. The van der Waals surface area contributed by atoms with Crippen LogP contribution in [0, 0.1) is 5.41 Å². The molecule has 1 heterocycles. The van der Waals surface area contributed by atoms with Crippen molar-refractivity contribution in [2.24, 2.45) is 5.41 Å². The highest BCUT2D eigenvalue weighted by Gasteiger charge is 2.37. The number of unbranched alkanes of at least 4 members (excludes halogenated alkanes) is 1. The average Bonchev–Trinajstić information content (AvgIpc) is 2.99. The van der Waals surface area contributed by atoms with Gasteiger partial charge in [-0.2, -0.15) is 0 Å². The van der Waals surface area contributed by atoms with Crippen molar-refractivity contribution < 1.29 is 19.5 Å². The Labute approximate surface area is 247 Å². The van der Waals surface area contributed by atoms with Gasteiger partial charge in [-0.25, -0.2) is 9.97 Å². The largest absolute Gasteiger partial charge is 0.481 e. The van der Waals surface area contributed by atoms with Gasteiger partial charge in [-0.3, -0.25) is 14.4 Å². The van der Waals surface area contributed by atoms with Crippen molar-refractivity contribution >= 4 is 23.7 Å². The van der Waals surface area contributed by atoms with E-state index >= 15 is 0 Å². The fraction of sp³-hybridized carbons (Fsp3) is 0.424. The van der Waals surface area contributed by atoms with E-state index in [1.54, 1.807) is 18.5 Å². The van der Waals surface area contributed by atoms with E-state index in [-0.39, 0.29) is 24.7 Å². The zero-order valence-electron chi connectivity index (χ0n) is 24.1. The molecular weight excluding hydrogens is 530 g/mol. The SMILES string of the molecule is O=C(O)CC1(CC(=O)N[C@H](Cc2ccc(-c3ccccc3)cc2)C(=O)NCCCCNc2ncccn2)CCCCC1. The van der Waals surface area contributed by atoms with Gasteiger partial charge < -0.3 is 21.1 Å². The van der Waals surface area contributed by atoms with E-state index in [1.807, 2.05) is 54.6 Å². The number of nitrogens with zero attached hydrogens (tertiary/aromatic N) is 2. The van der Waals surface area contributed by atoms with Crippen LogP contribution in [-0.2, 0) is 20.8 Å². The topological polar surface area (TPSA) is 133 Å². The fourth-order valence-electron chi connectivity index (χ4n) is 5.71. The first-order chi connectivity index (χ1) is 20.4. The van der Waals surface area contributed by atoms with Crippen LogP contribution in [-0.4, -0.2) is 52.0 Å². The summed E-state index contributed by atoms with van der Waals surface area (Å²) in [5.74, 6) is -0.830. The van der Waals surface area contributed by atoms with Crippen LogP contribution in [0.4, 0.5) is 5.95 Å². The molecule has 4 rings (SSSR count). The zero-order chi connectivity index (χ0) is 29.6. The molecule has 1 atom stereocenters. The minimum absolute atomic E-state index is 0.0275. The number of carboxylic acid groups (broad SMARTS) is 1. The molecule has 4 N–H and O–H groups in total. The molecule has 1 fully saturated rings. The molecule has 0 spiro atoms. The number of aliphatic carboxylic acids is 1. The summed E-state index contributed by atoms with van der Waals surface area (Å²) in [4.78, 5) is 46.5. The van der Waals surface area contributed by atoms with Gasteiger partial charge in [0.25, 0.3) is 0 Å². The number of nitrogens with one attached hydrogen (secondary N) is 3. The number of carbonyl (C=O) groups excluding carboxylic acids is 2. The highest BCUT2D eigenvalue weighted by molar-refractivity contribution is 5.88. The molecule has 1 aliphatic rings. The third-order valence-electron chi connectivity index (χ3n) is 7.88. The second kappa shape index (κ2) is 15.7. The molecule has 1 saturated carbocycles. The molecule has 1 aromatic heterocycles. The summed E-state index contributed by atoms with van der Waals surface area (Å²) in [6, 6.07) is 19.1. The maximum atomic E-state index is 13.3. The first kappa shape index (κ1) is 30.7. The highest BCUT2D eigenvalue weighted by atomic mass is 16.4. The molecular formula is C33H41N5O4. The van der Waals surface area contributed by atoms with E-state index in [9.17, 15) is 19.5 Å². The van der Waals surface area contributed by atoms with Gasteiger partial charge in [0.05, 0.1) is 6.42 Å². The van der Waals surface area contributed by atoms with Crippen LogP contribution in [0.5, 0.6) is 0 Å². The van der Waals surface area contributed by atoms with Crippen LogP contribution in [0.2, 0.25) is 0 Å². The van der Waals surface area contributed by atoms with Gasteiger partial charge >= 0.3 is 5.97 Å². The molecule has 0 saturated heterocycles. The molecule has 42 heavy (non-hydrogen) atoms. The van der Waals surface area contributed by atoms with Crippen LogP contribution in [0.1, 0.15) is 63.4 Å². The third kappa shape index (κ3) is 9.68. The Kier molecular flexibility index (Phi) is 11.4. The van der Waals surface area contributed by atoms with Crippen molar-refractivity contribution in [3.8, 4) is 11.1 Å². The van der Waals surface area contributed by atoms with Crippen molar-refractivity contribution in [2.45, 2.75) is 70.3 Å². The first-order valence-corrected chi connectivity index (χ1v) is 14.9. The Morgan fingerprint density at radius 1 is 0.810 bits per heavy atom. The van der Waals surface area contributed by atoms with Gasteiger partial charge in [-0.15, -0.1) is 0 Å². The average molecular weight is 572 g/mol. The number of anilines is 1. The van der Waals surface area contributed by atoms with Crippen LogP contribution >= 0.6 is 0 Å². The van der Waals surface area contributed by atoms with E-state index in [0.29, 0.717) is 38.3 Å². The van der Waals surface area contributed by atoms with Crippen LogP contribution in [0.25, 0.3) is 11.1 Å². The van der Waals surface area contributed by atoms with Gasteiger partial charge in [0.1, 0.15) is 6.04 Å². The smallest absolute Gasteiger partial charge is 0.303 e. The van der Waals surface area contributed by atoms with Crippen LogP contribution in [0.15, 0.2) is 73.1 Å². The van der Waals surface area contributed by atoms with Crippen LogP contribution in [0.3, 0.4) is 0 Å². The second-order valence-electron chi connectivity index (χ2n) is 11.2. The highest BCUT2D eigenvalue weighted by Crippen LogP contribution is 2.42. The van der Waals surface area contributed by atoms with E-state index in [2.05, 4.69) is 25.9 Å². The Bertz CT molecular complexity index is 1280. The molecule has 0 aliphatic heterocycles. The summed E-state index contributed by atoms with van der Waals surface area (Å²) in [6.07, 6.45) is 9.67. The molecule has 1 aliphatic carbocycles. The minimum Gasteiger partial charge on any atom is -0.481 e. The second-order valence-corrected chi connectivity index (χ2v) is 11.2. The van der Waals surface area contributed by atoms with Crippen molar-refractivity contribution in [1.29, 1.82) is 0 Å². The summed E-state index contributed by atoms with van der Waals surface area (Å²) < 4.78 is 0. The minimum atomic E-state index is -0.884. The molecule has 3 aromatic rings. The van der Waals surface area contributed by atoms with E-state index in [0.717, 1.165) is 48.8 Å². The predicted molar refractivity (Wildman–Crippen MR) is 163 cm³/mol. The van der Waals surface area contributed by atoms with E-state index < -0.39 is 17.4 Å². The lowest BCUT2D eigenvalue weighted by molar-refractivity contribution is -0.141. The first-order valence-electron chi connectivity index (χ1n) is 14.9. The Morgan fingerprint density at radius 3 is 2.17 bits per heavy atom. The normalized spacial score (nSPS) is 14.9. The quantitative estimate of drug-likeness (QED) is 0.189. The molecule has 9 nitrogen and oxygen atoms in total. The molecule has 2 aromatic carbocycles. The van der Waals surface area contributed by atoms with Crippen LogP contribution < -0.4 is 16.0 Å². The molecule has 9 heteroatoms. The number of carbonyl (C=O) groups is 3. The summed E-state index contributed by atoms with van der Waals surface area (Å²) in [7, 11) is 0. The summed E-state index contributed by atoms with van der Waals surface area (Å²) in [5, 5.41) is 18.6. The predicted octanol–water partition coefficient (Wildman–Crippen LogP) is 4.99. The van der Waals surface area contributed by atoms with Gasteiger partial charge in [-0.05, 0) is 53.9 Å². The molecule has 222 valence electrons. The maximum absolute atomic E-state index is 13.3. The molecule has 0 bridgehead atoms. The molecule has 0 unspecified atom stereocenters. The number of benzene rings is 2. The number of rotatable bonds is 15. The Balaban J connectivity index is 1.36. The third-order valence-corrected chi connectivity index (χ3v) is 7.88. The lowest BCUT2D eigenvalue weighted by Gasteiger charge is -2.36. The maximum Gasteiger partial charge on any atom is 0.303 e. The lowest BCUT2D eigenvalue weighted by atomic mass is 9.69. The van der Waals surface area contributed by atoms with Gasteiger partial charge in [0.15, 0.2) is 0 Å². The number of aromatic nitrogens is 2. The van der Waals surface area contributed by atoms with Crippen molar-refractivity contribution in [3.63, 3.8) is 0 Å².